The molecule has 2 N–H and O–H groups in total. The number of rotatable bonds is 3. The first-order chi connectivity index (χ1) is 11.6. The molecule has 3 heteroatoms. The normalized spacial score (nSPS) is 9.96. The third-order valence-electron chi connectivity index (χ3n) is 3.37. The van der Waals surface area contributed by atoms with E-state index in [2.05, 4.69) is 13.8 Å². The summed E-state index contributed by atoms with van der Waals surface area (Å²) in [7, 11) is 0. The van der Waals surface area contributed by atoms with Crippen molar-refractivity contribution in [2.75, 3.05) is 0 Å². The minimum atomic E-state index is 0.241. The van der Waals surface area contributed by atoms with Crippen LogP contribution in [0.4, 0.5) is 0 Å². The van der Waals surface area contributed by atoms with Crippen molar-refractivity contribution in [2.24, 2.45) is 0 Å². The molecular weight excluding hydrogens is 300 g/mol. The Morgan fingerprint density at radius 1 is 0.667 bits per heavy atom. The van der Waals surface area contributed by atoms with Crippen LogP contribution in [-0.2, 0) is 0 Å². The van der Waals surface area contributed by atoms with Crippen LogP contribution < -0.4 is 4.74 Å². The van der Waals surface area contributed by atoms with E-state index in [4.69, 9.17) is 9.84 Å². The highest BCUT2D eigenvalue weighted by molar-refractivity contribution is 5.35. The van der Waals surface area contributed by atoms with Gasteiger partial charge in [-0.3, -0.25) is 0 Å². The molecule has 0 aromatic heterocycles. The van der Waals surface area contributed by atoms with E-state index in [1.165, 1.54) is 0 Å². The van der Waals surface area contributed by atoms with Gasteiger partial charge in [-0.15, -0.1) is 0 Å². The van der Waals surface area contributed by atoms with Crippen LogP contribution in [0.3, 0.4) is 0 Å². The van der Waals surface area contributed by atoms with Gasteiger partial charge in [0.1, 0.15) is 23.0 Å². The van der Waals surface area contributed by atoms with Crippen molar-refractivity contribution in [2.45, 2.75) is 19.8 Å². The summed E-state index contributed by atoms with van der Waals surface area (Å²) in [4.78, 5) is 0. The van der Waals surface area contributed by atoms with Crippen molar-refractivity contribution >= 4 is 0 Å². The zero-order valence-electron chi connectivity index (χ0n) is 13.9. The number of hydrogen-bond donors (Lipinski definition) is 2. The van der Waals surface area contributed by atoms with E-state index in [-0.39, 0.29) is 5.75 Å². The molecule has 0 amide bonds. The van der Waals surface area contributed by atoms with Crippen molar-refractivity contribution in [3.05, 3.63) is 84.4 Å². The standard InChI is InChI=1S/C12H10O2.C9H12O/c13-10-6-8-12(9-7-10)14-11-4-2-1-3-5-11;1-7(2)8-5-3-4-6-9(8)10/h1-9,13H;3-7,10H,1-2H3. The second kappa shape index (κ2) is 8.63. The van der Waals surface area contributed by atoms with Gasteiger partial charge >= 0.3 is 0 Å². The highest BCUT2D eigenvalue weighted by atomic mass is 16.5. The Kier molecular flexibility index (Phi) is 6.26. The molecule has 0 saturated carbocycles. The van der Waals surface area contributed by atoms with E-state index in [1.54, 1.807) is 30.3 Å². The lowest BCUT2D eigenvalue weighted by molar-refractivity contribution is 0.464. The molecule has 0 atom stereocenters. The molecule has 0 heterocycles. The molecule has 0 bridgehead atoms. The molecule has 0 radical (unpaired) electrons. The Hall–Kier alpha value is -2.94. The minimum Gasteiger partial charge on any atom is -0.508 e. The molecule has 0 aliphatic heterocycles. The first-order valence-electron chi connectivity index (χ1n) is 7.86. The van der Waals surface area contributed by atoms with E-state index in [1.807, 2.05) is 48.5 Å². The monoisotopic (exact) mass is 322 g/mol. The van der Waals surface area contributed by atoms with Gasteiger partial charge in [0.25, 0.3) is 0 Å². The smallest absolute Gasteiger partial charge is 0.127 e. The fourth-order valence-corrected chi connectivity index (χ4v) is 2.11. The van der Waals surface area contributed by atoms with Crippen LogP contribution in [0.15, 0.2) is 78.9 Å². The van der Waals surface area contributed by atoms with Crippen LogP contribution >= 0.6 is 0 Å². The Bertz CT molecular complexity index is 735. The predicted octanol–water partition coefficient (Wildman–Crippen LogP) is 5.70. The molecule has 0 spiro atoms. The Morgan fingerprint density at radius 2 is 1.21 bits per heavy atom. The summed E-state index contributed by atoms with van der Waals surface area (Å²) in [6, 6.07) is 23.6. The molecule has 24 heavy (non-hydrogen) atoms. The Morgan fingerprint density at radius 3 is 1.75 bits per heavy atom. The van der Waals surface area contributed by atoms with Gasteiger partial charge < -0.3 is 14.9 Å². The summed E-state index contributed by atoms with van der Waals surface area (Å²) in [5.41, 5.74) is 1.02. The Balaban J connectivity index is 0.000000185. The number of ether oxygens (including phenoxy) is 1. The highest BCUT2D eigenvalue weighted by Crippen LogP contribution is 2.24. The van der Waals surface area contributed by atoms with Crippen LogP contribution in [0.2, 0.25) is 0 Å². The average Bonchev–Trinajstić information content (AvgIpc) is 2.59. The molecule has 0 saturated heterocycles. The van der Waals surface area contributed by atoms with Gasteiger partial charge in [0, 0.05) is 0 Å². The number of phenols is 2. The summed E-state index contributed by atoms with van der Waals surface area (Å²) in [6.45, 7) is 4.13. The first-order valence-corrected chi connectivity index (χ1v) is 7.86. The molecule has 124 valence electrons. The lowest BCUT2D eigenvalue weighted by atomic mass is 10.0. The Labute approximate surface area is 142 Å². The zero-order valence-corrected chi connectivity index (χ0v) is 13.9. The topological polar surface area (TPSA) is 49.7 Å². The fourth-order valence-electron chi connectivity index (χ4n) is 2.11. The van der Waals surface area contributed by atoms with Gasteiger partial charge in [-0.25, -0.2) is 0 Å². The summed E-state index contributed by atoms with van der Waals surface area (Å²) in [5, 5.41) is 18.3. The molecule has 3 rings (SSSR count). The maximum atomic E-state index is 9.28. The minimum absolute atomic E-state index is 0.241. The second-order valence-corrected chi connectivity index (χ2v) is 5.62. The zero-order chi connectivity index (χ0) is 17.4. The van der Waals surface area contributed by atoms with Gasteiger partial charge in [0.2, 0.25) is 0 Å². The molecule has 0 fully saturated rings. The van der Waals surface area contributed by atoms with Crippen molar-refractivity contribution in [3.8, 4) is 23.0 Å². The molecule has 3 aromatic carbocycles. The number of benzene rings is 3. The lowest BCUT2D eigenvalue weighted by Gasteiger charge is -2.05. The van der Waals surface area contributed by atoms with Gasteiger partial charge in [-0.05, 0) is 53.9 Å². The highest BCUT2D eigenvalue weighted by Gasteiger charge is 2.02. The summed E-state index contributed by atoms with van der Waals surface area (Å²) < 4.78 is 5.52. The van der Waals surface area contributed by atoms with Crippen LogP contribution in [0.5, 0.6) is 23.0 Å². The van der Waals surface area contributed by atoms with E-state index in [0.29, 0.717) is 17.4 Å². The summed E-state index contributed by atoms with van der Waals surface area (Å²) in [6.07, 6.45) is 0. The number of phenolic OH excluding ortho intramolecular Hbond substituents is 2. The first kappa shape index (κ1) is 17.4. The number of para-hydroxylation sites is 2. The quantitative estimate of drug-likeness (QED) is 0.650. The van der Waals surface area contributed by atoms with E-state index in [0.717, 1.165) is 11.3 Å². The lowest BCUT2D eigenvalue weighted by Crippen LogP contribution is -1.85. The van der Waals surface area contributed by atoms with Crippen molar-refractivity contribution in [3.63, 3.8) is 0 Å². The third-order valence-corrected chi connectivity index (χ3v) is 3.37. The molecule has 3 aromatic rings. The van der Waals surface area contributed by atoms with Crippen LogP contribution in [0.25, 0.3) is 0 Å². The maximum Gasteiger partial charge on any atom is 0.127 e. The third kappa shape index (κ3) is 5.36. The molecule has 0 aliphatic rings. The van der Waals surface area contributed by atoms with Gasteiger partial charge in [0.05, 0.1) is 0 Å². The van der Waals surface area contributed by atoms with E-state index < -0.39 is 0 Å². The number of hydrogen-bond acceptors (Lipinski definition) is 3. The predicted molar refractivity (Wildman–Crippen MR) is 96.8 cm³/mol. The summed E-state index contributed by atoms with van der Waals surface area (Å²) >= 11 is 0. The molecular formula is C21H22O3. The van der Waals surface area contributed by atoms with Crippen LogP contribution in [0.1, 0.15) is 25.3 Å². The largest absolute Gasteiger partial charge is 0.508 e. The fraction of sp³-hybridized carbons (Fsp3) is 0.143. The maximum absolute atomic E-state index is 9.28. The van der Waals surface area contributed by atoms with Gasteiger partial charge in [-0.2, -0.15) is 0 Å². The SMILES string of the molecule is CC(C)c1ccccc1O.Oc1ccc(Oc2ccccc2)cc1. The van der Waals surface area contributed by atoms with E-state index >= 15 is 0 Å². The van der Waals surface area contributed by atoms with Crippen molar-refractivity contribution in [1.82, 2.24) is 0 Å². The van der Waals surface area contributed by atoms with Crippen LogP contribution in [0, 0.1) is 0 Å². The average molecular weight is 322 g/mol. The van der Waals surface area contributed by atoms with Gasteiger partial charge in [-0.1, -0.05) is 50.2 Å². The number of aromatic hydroxyl groups is 2. The van der Waals surface area contributed by atoms with Crippen molar-refractivity contribution in [1.29, 1.82) is 0 Å². The van der Waals surface area contributed by atoms with E-state index in [9.17, 15) is 5.11 Å². The van der Waals surface area contributed by atoms with Gasteiger partial charge in [0.15, 0.2) is 0 Å². The molecule has 0 aliphatic carbocycles. The molecule has 0 unspecified atom stereocenters. The van der Waals surface area contributed by atoms with Crippen molar-refractivity contribution < 1.29 is 14.9 Å². The molecule has 3 nitrogen and oxygen atoms in total. The second-order valence-electron chi connectivity index (χ2n) is 5.62. The summed E-state index contributed by atoms with van der Waals surface area (Å²) in [5.74, 6) is 2.55. The van der Waals surface area contributed by atoms with Crippen LogP contribution in [-0.4, -0.2) is 10.2 Å².